The Hall–Kier alpha value is -2.17. The van der Waals surface area contributed by atoms with Crippen LogP contribution in [-0.4, -0.2) is 19.4 Å². The molecule has 114 valence electrons. The van der Waals surface area contributed by atoms with Gasteiger partial charge in [0.15, 0.2) is 6.29 Å². The van der Waals surface area contributed by atoms with E-state index in [2.05, 4.69) is 0 Å². The van der Waals surface area contributed by atoms with E-state index in [4.69, 9.17) is 14.2 Å². The van der Waals surface area contributed by atoms with Gasteiger partial charge in [0, 0.05) is 0 Å². The van der Waals surface area contributed by atoms with E-state index >= 15 is 0 Å². The van der Waals surface area contributed by atoms with Crippen molar-refractivity contribution < 1.29 is 19.0 Å². The van der Waals surface area contributed by atoms with E-state index in [9.17, 15) is 4.79 Å². The smallest absolute Gasteiger partial charge is 0.310 e. The first-order valence-electron chi connectivity index (χ1n) is 7.25. The van der Waals surface area contributed by atoms with Crippen LogP contribution in [-0.2, 0) is 19.0 Å². The van der Waals surface area contributed by atoms with Gasteiger partial charge in [-0.15, -0.1) is 0 Å². The molecule has 1 aliphatic rings. The number of methoxy groups -OCH3 is 1. The first-order chi connectivity index (χ1) is 10.8. The molecule has 0 unspecified atom stereocenters. The van der Waals surface area contributed by atoms with Crippen LogP contribution in [0.1, 0.15) is 29.8 Å². The van der Waals surface area contributed by atoms with Gasteiger partial charge in [-0.3, -0.25) is 4.79 Å². The topological polar surface area (TPSA) is 44.8 Å². The van der Waals surface area contributed by atoms with E-state index in [1.807, 2.05) is 60.7 Å². The number of hydrogen-bond acceptors (Lipinski definition) is 4. The fraction of sp³-hybridized carbons (Fsp3) is 0.278. The molecule has 0 spiro atoms. The third-order valence-corrected chi connectivity index (χ3v) is 3.69. The normalized spacial score (nSPS) is 21.7. The van der Waals surface area contributed by atoms with Crippen molar-refractivity contribution in [2.75, 3.05) is 7.11 Å². The molecule has 2 aromatic rings. The SMILES string of the molecule is COC(=O)CC1O[C@H](c2ccccc2)[C@@H](c2ccccc2)O1. The fourth-order valence-corrected chi connectivity index (χ4v) is 2.61. The molecule has 0 bridgehead atoms. The summed E-state index contributed by atoms with van der Waals surface area (Å²) in [6.45, 7) is 0. The molecule has 1 saturated heterocycles. The highest BCUT2D eigenvalue weighted by molar-refractivity contribution is 5.69. The zero-order valence-corrected chi connectivity index (χ0v) is 12.3. The van der Waals surface area contributed by atoms with Gasteiger partial charge in [-0.25, -0.2) is 0 Å². The summed E-state index contributed by atoms with van der Waals surface area (Å²) in [5, 5.41) is 0. The Balaban J connectivity index is 1.86. The van der Waals surface area contributed by atoms with Crippen molar-refractivity contribution in [2.45, 2.75) is 24.9 Å². The van der Waals surface area contributed by atoms with Crippen LogP contribution in [0.3, 0.4) is 0 Å². The van der Waals surface area contributed by atoms with Crippen molar-refractivity contribution in [2.24, 2.45) is 0 Å². The fourth-order valence-electron chi connectivity index (χ4n) is 2.61. The number of ether oxygens (including phenoxy) is 3. The van der Waals surface area contributed by atoms with E-state index in [-0.39, 0.29) is 24.6 Å². The second-order valence-corrected chi connectivity index (χ2v) is 5.14. The maximum atomic E-state index is 11.5. The average Bonchev–Trinajstić information content (AvgIpc) is 3.00. The Morgan fingerprint density at radius 3 is 1.77 bits per heavy atom. The predicted octanol–water partition coefficient (Wildman–Crippen LogP) is 3.41. The van der Waals surface area contributed by atoms with Crippen LogP contribution in [0.5, 0.6) is 0 Å². The molecule has 0 radical (unpaired) electrons. The lowest BCUT2D eigenvalue weighted by atomic mass is 9.99. The molecule has 0 saturated carbocycles. The minimum Gasteiger partial charge on any atom is -0.469 e. The van der Waals surface area contributed by atoms with Crippen LogP contribution in [0.25, 0.3) is 0 Å². The summed E-state index contributed by atoms with van der Waals surface area (Å²) in [5.41, 5.74) is 2.06. The van der Waals surface area contributed by atoms with E-state index in [1.54, 1.807) is 0 Å². The maximum absolute atomic E-state index is 11.5. The quantitative estimate of drug-likeness (QED) is 0.811. The summed E-state index contributed by atoms with van der Waals surface area (Å²) < 4.78 is 16.6. The highest BCUT2D eigenvalue weighted by Gasteiger charge is 2.39. The van der Waals surface area contributed by atoms with Crippen molar-refractivity contribution in [1.82, 2.24) is 0 Å². The second kappa shape index (κ2) is 6.73. The summed E-state index contributed by atoms with van der Waals surface area (Å²) in [6.07, 6.45) is -0.984. The van der Waals surface area contributed by atoms with Crippen molar-refractivity contribution in [3.05, 3.63) is 71.8 Å². The number of esters is 1. The lowest BCUT2D eigenvalue weighted by Gasteiger charge is -2.17. The predicted molar refractivity (Wildman–Crippen MR) is 81.0 cm³/mol. The van der Waals surface area contributed by atoms with E-state index in [0.717, 1.165) is 11.1 Å². The Bertz CT molecular complexity index is 564. The van der Waals surface area contributed by atoms with Crippen LogP contribution in [0.15, 0.2) is 60.7 Å². The molecule has 1 aliphatic heterocycles. The van der Waals surface area contributed by atoms with Crippen molar-refractivity contribution in [3.8, 4) is 0 Å². The zero-order valence-electron chi connectivity index (χ0n) is 12.3. The van der Waals surface area contributed by atoms with Crippen LogP contribution >= 0.6 is 0 Å². The van der Waals surface area contributed by atoms with Gasteiger partial charge in [0.05, 0.1) is 13.5 Å². The van der Waals surface area contributed by atoms with Gasteiger partial charge in [0.2, 0.25) is 0 Å². The van der Waals surface area contributed by atoms with Crippen molar-refractivity contribution in [3.63, 3.8) is 0 Å². The third-order valence-electron chi connectivity index (χ3n) is 3.69. The summed E-state index contributed by atoms with van der Waals surface area (Å²) >= 11 is 0. The maximum Gasteiger partial charge on any atom is 0.310 e. The molecule has 4 nitrogen and oxygen atoms in total. The first-order valence-corrected chi connectivity index (χ1v) is 7.25. The van der Waals surface area contributed by atoms with Crippen molar-refractivity contribution in [1.29, 1.82) is 0 Å². The van der Waals surface area contributed by atoms with Crippen LogP contribution < -0.4 is 0 Å². The molecular formula is C18H18O4. The molecular weight excluding hydrogens is 280 g/mol. The average molecular weight is 298 g/mol. The zero-order chi connectivity index (χ0) is 15.4. The van der Waals surface area contributed by atoms with Gasteiger partial charge < -0.3 is 14.2 Å². The summed E-state index contributed by atoms with van der Waals surface area (Å²) in [6, 6.07) is 19.8. The van der Waals surface area contributed by atoms with Gasteiger partial charge in [0.1, 0.15) is 12.2 Å². The number of carbonyl (C=O) groups is 1. The lowest BCUT2D eigenvalue weighted by molar-refractivity contribution is -0.151. The number of benzene rings is 2. The van der Waals surface area contributed by atoms with Gasteiger partial charge in [-0.2, -0.15) is 0 Å². The van der Waals surface area contributed by atoms with Crippen LogP contribution in [0.4, 0.5) is 0 Å². The van der Waals surface area contributed by atoms with Gasteiger partial charge in [-0.1, -0.05) is 60.7 Å². The number of hydrogen-bond donors (Lipinski definition) is 0. The van der Waals surface area contributed by atoms with Crippen molar-refractivity contribution >= 4 is 5.97 Å². The summed E-state index contributed by atoms with van der Waals surface area (Å²) in [7, 11) is 1.36. The summed E-state index contributed by atoms with van der Waals surface area (Å²) in [5.74, 6) is -0.342. The minimum absolute atomic E-state index is 0.0865. The van der Waals surface area contributed by atoms with Gasteiger partial charge in [-0.05, 0) is 11.1 Å². The summed E-state index contributed by atoms with van der Waals surface area (Å²) in [4.78, 5) is 11.5. The molecule has 4 heteroatoms. The third kappa shape index (κ3) is 3.18. The molecule has 3 rings (SSSR count). The Morgan fingerprint density at radius 2 is 1.36 bits per heavy atom. The molecule has 22 heavy (non-hydrogen) atoms. The minimum atomic E-state index is -0.595. The number of rotatable bonds is 4. The monoisotopic (exact) mass is 298 g/mol. The van der Waals surface area contributed by atoms with E-state index < -0.39 is 6.29 Å². The highest BCUT2D eigenvalue weighted by atomic mass is 16.7. The molecule has 2 atom stereocenters. The molecule has 0 aromatic heterocycles. The second-order valence-electron chi connectivity index (χ2n) is 5.14. The Morgan fingerprint density at radius 1 is 0.909 bits per heavy atom. The Labute approximate surface area is 129 Å². The highest BCUT2D eigenvalue weighted by Crippen LogP contribution is 2.43. The van der Waals surface area contributed by atoms with E-state index in [0.29, 0.717) is 0 Å². The van der Waals surface area contributed by atoms with Crippen LogP contribution in [0, 0.1) is 0 Å². The van der Waals surface area contributed by atoms with Gasteiger partial charge in [0.25, 0.3) is 0 Å². The lowest BCUT2D eigenvalue weighted by Crippen LogP contribution is -2.15. The van der Waals surface area contributed by atoms with E-state index in [1.165, 1.54) is 7.11 Å². The standard InChI is InChI=1S/C18H18O4/c1-20-15(19)12-16-21-17(13-8-4-2-5-9-13)18(22-16)14-10-6-3-7-11-14/h2-11,16-18H,12H2,1H3/t17-,18-/m1/s1. The molecule has 1 fully saturated rings. The molecule has 1 heterocycles. The molecule has 2 aromatic carbocycles. The molecule has 0 aliphatic carbocycles. The van der Waals surface area contributed by atoms with Gasteiger partial charge >= 0.3 is 5.97 Å². The number of carbonyl (C=O) groups excluding carboxylic acids is 1. The largest absolute Gasteiger partial charge is 0.469 e. The Kier molecular flexibility index (Phi) is 4.51. The van der Waals surface area contributed by atoms with Crippen LogP contribution in [0.2, 0.25) is 0 Å². The molecule has 0 amide bonds. The molecule has 0 N–H and O–H groups in total. The first kappa shape index (κ1) is 14.8.